The minimum absolute atomic E-state index is 0.133. The number of benzene rings is 1. The van der Waals surface area contributed by atoms with Crippen molar-refractivity contribution in [1.29, 1.82) is 0 Å². The van der Waals surface area contributed by atoms with Gasteiger partial charge in [-0.15, -0.1) is 0 Å². The molecular weight excluding hydrogens is 313 g/mol. The number of halogens is 3. The van der Waals surface area contributed by atoms with Crippen molar-refractivity contribution in [1.82, 2.24) is 4.98 Å². The Morgan fingerprint density at radius 3 is 2.29 bits per heavy atom. The van der Waals surface area contributed by atoms with Gasteiger partial charge in [-0.2, -0.15) is 13.2 Å². The minimum Gasteiger partial charge on any atom is -0.398 e. The Labute approximate surface area is 141 Å². The summed E-state index contributed by atoms with van der Waals surface area (Å²) >= 11 is 0. The molecule has 0 aliphatic heterocycles. The average Bonchev–Trinajstić information content (AvgIpc) is 2.53. The molecule has 0 atom stereocenters. The van der Waals surface area contributed by atoms with Crippen LogP contribution in [0.15, 0.2) is 24.3 Å². The van der Waals surface area contributed by atoms with E-state index in [9.17, 15) is 13.2 Å². The van der Waals surface area contributed by atoms with Crippen molar-refractivity contribution >= 4 is 16.6 Å². The number of hydrogen-bond acceptors (Lipinski definition) is 2. The largest absolute Gasteiger partial charge is 0.433 e. The summed E-state index contributed by atoms with van der Waals surface area (Å²) in [5, 5.41) is 0.600. The maximum atomic E-state index is 12.8. The molecule has 0 radical (unpaired) electrons. The maximum Gasteiger partial charge on any atom is 0.433 e. The van der Waals surface area contributed by atoms with E-state index in [0.717, 1.165) is 24.5 Å². The fourth-order valence-electron chi connectivity index (χ4n) is 2.89. The van der Waals surface area contributed by atoms with Gasteiger partial charge in [0, 0.05) is 11.1 Å². The quantitative estimate of drug-likeness (QED) is 0.588. The number of fused-ring (bicyclic) bond motifs is 1. The molecule has 0 aliphatic rings. The van der Waals surface area contributed by atoms with Gasteiger partial charge < -0.3 is 5.73 Å². The summed E-state index contributed by atoms with van der Waals surface area (Å²) in [5.41, 5.74) is 6.40. The lowest BCUT2D eigenvalue weighted by atomic mass is 10.0. The molecule has 0 bridgehead atoms. The topological polar surface area (TPSA) is 38.9 Å². The molecule has 2 rings (SSSR count). The second-order valence-electron chi connectivity index (χ2n) is 6.32. The van der Waals surface area contributed by atoms with Crippen LogP contribution in [0.1, 0.15) is 63.1 Å². The number of nitrogens with zero attached hydrogens (tertiary/aromatic N) is 1. The molecule has 24 heavy (non-hydrogen) atoms. The number of rotatable bonds is 8. The zero-order valence-corrected chi connectivity index (χ0v) is 14.1. The van der Waals surface area contributed by atoms with E-state index >= 15 is 0 Å². The van der Waals surface area contributed by atoms with Crippen molar-refractivity contribution in [3.8, 4) is 0 Å². The number of anilines is 1. The van der Waals surface area contributed by atoms with Crippen LogP contribution in [0.5, 0.6) is 0 Å². The molecule has 132 valence electrons. The first-order valence-electron chi connectivity index (χ1n) is 8.68. The molecule has 2 aromatic rings. The highest BCUT2D eigenvalue weighted by Crippen LogP contribution is 2.32. The van der Waals surface area contributed by atoms with Gasteiger partial charge >= 0.3 is 6.18 Å². The minimum atomic E-state index is -4.47. The molecule has 2 nitrogen and oxygen atoms in total. The second-order valence-corrected chi connectivity index (χ2v) is 6.32. The number of nitrogens with two attached hydrogens (primary N) is 1. The van der Waals surface area contributed by atoms with Gasteiger partial charge in [0.05, 0.1) is 5.52 Å². The van der Waals surface area contributed by atoms with Crippen LogP contribution in [0.4, 0.5) is 18.9 Å². The summed E-state index contributed by atoms with van der Waals surface area (Å²) in [6.07, 6.45) is 5.10. The van der Waals surface area contributed by atoms with Crippen LogP contribution < -0.4 is 5.73 Å². The summed E-state index contributed by atoms with van der Waals surface area (Å²) in [7, 11) is 0. The van der Waals surface area contributed by atoms with Crippen LogP contribution in [0.25, 0.3) is 10.9 Å². The number of pyridine rings is 1. The Balaban J connectivity index is 1.97. The maximum absolute atomic E-state index is 12.8. The third-order valence-electron chi connectivity index (χ3n) is 4.26. The SMILES string of the molecule is CCCCCCCCCc1ccc2nc(C(F)(F)F)cc(N)c2c1. The Bertz CT molecular complexity index is 665. The van der Waals surface area contributed by atoms with E-state index in [-0.39, 0.29) is 5.69 Å². The van der Waals surface area contributed by atoms with Gasteiger partial charge in [-0.1, -0.05) is 51.5 Å². The number of alkyl halides is 3. The molecule has 5 heteroatoms. The van der Waals surface area contributed by atoms with Crippen LogP contribution in [-0.4, -0.2) is 4.98 Å². The fraction of sp³-hybridized carbons (Fsp3) is 0.526. The summed E-state index contributed by atoms with van der Waals surface area (Å²) < 4.78 is 38.3. The zero-order valence-electron chi connectivity index (χ0n) is 14.1. The van der Waals surface area contributed by atoms with E-state index in [1.165, 1.54) is 38.5 Å². The fourth-order valence-corrected chi connectivity index (χ4v) is 2.89. The predicted molar refractivity (Wildman–Crippen MR) is 92.9 cm³/mol. The van der Waals surface area contributed by atoms with E-state index in [4.69, 9.17) is 5.73 Å². The number of aromatic nitrogens is 1. The van der Waals surface area contributed by atoms with Crippen LogP contribution in [0, 0.1) is 0 Å². The Kier molecular flexibility index (Phi) is 6.46. The number of nitrogen functional groups attached to an aromatic ring is 1. The van der Waals surface area contributed by atoms with Gasteiger partial charge in [0.15, 0.2) is 0 Å². The van der Waals surface area contributed by atoms with Crippen LogP contribution in [0.2, 0.25) is 0 Å². The summed E-state index contributed by atoms with van der Waals surface area (Å²) in [6.45, 7) is 2.21. The molecule has 0 unspecified atom stereocenters. The van der Waals surface area contributed by atoms with E-state index in [0.29, 0.717) is 10.9 Å². The first-order chi connectivity index (χ1) is 11.4. The van der Waals surface area contributed by atoms with E-state index in [1.54, 1.807) is 6.07 Å². The van der Waals surface area contributed by atoms with E-state index in [1.807, 2.05) is 12.1 Å². The van der Waals surface area contributed by atoms with Crippen molar-refractivity contribution in [2.45, 2.75) is 64.5 Å². The number of unbranched alkanes of at least 4 members (excludes halogenated alkanes) is 6. The van der Waals surface area contributed by atoms with Gasteiger partial charge in [0.2, 0.25) is 0 Å². The van der Waals surface area contributed by atoms with Crippen molar-refractivity contribution in [3.63, 3.8) is 0 Å². The van der Waals surface area contributed by atoms with E-state index in [2.05, 4.69) is 11.9 Å². The smallest absolute Gasteiger partial charge is 0.398 e. The molecule has 0 amide bonds. The van der Waals surface area contributed by atoms with Gasteiger partial charge in [-0.05, 0) is 36.6 Å². The predicted octanol–water partition coefficient (Wildman–Crippen LogP) is 6.13. The third kappa shape index (κ3) is 5.11. The highest BCUT2D eigenvalue weighted by atomic mass is 19.4. The zero-order chi connectivity index (χ0) is 17.6. The Morgan fingerprint density at radius 1 is 0.958 bits per heavy atom. The lowest BCUT2D eigenvalue weighted by molar-refractivity contribution is -0.140. The van der Waals surface area contributed by atoms with Gasteiger partial charge in [-0.3, -0.25) is 0 Å². The van der Waals surface area contributed by atoms with Gasteiger partial charge in [-0.25, -0.2) is 4.98 Å². The molecule has 0 saturated heterocycles. The highest BCUT2D eigenvalue weighted by Gasteiger charge is 2.33. The van der Waals surface area contributed by atoms with E-state index < -0.39 is 11.9 Å². The number of aryl methyl sites for hydroxylation is 1. The van der Waals surface area contributed by atoms with Crippen LogP contribution >= 0.6 is 0 Å². The average molecular weight is 338 g/mol. The molecule has 1 aromatic carbocycles. The molecule has 2 N–H and O–H groups in total. The lowest BCUT2D eigenvalue weighted by Gasteiger charge is -2.10. The van der Waals surface area contributed by atoms with Crippen molar-refractivity contribution in [3.05, 3.63) is 35.5 Å². The lowest BCUT2D eigenvalue weighted by Crippen LogP contribution is -2.09. The summed E-state index contributed by atoms with van der Waals surface area (Å²) in [5.74, 6) is 0. The molecule has 0 fully saturated rings. The van der Waals surface area contributed by atoms with Crippen LogP contribution in [0.3, 0.4) is 0 Å². The molecular formula is C19H25F3N2. The molecule has 1 aromatic heterocycles. The Morgan fingerprint density at radius 2 is 1.62 bits per heavy atom. The standard InChI is InChI=1S/C19H25F3N2/c1-2-3-4-5-6-7-8-9-14-10-11-17-15(12-14)16(23)13-18(24-17)19(20,21)22/h10-13H,2-9H2,1H3,(H2,23,24). The van der Waals surface area contributed by atoms with Crippen molar-refractivity contribution in [2.24, 2.45) is 0 Å². The first kappa shape index (κ1) is 18.6. The van der Waals surface area contributed by atoms with Crippen molar-refractivity contribution < 1.29 is 13.2 Å². The second kappa shape index (κ2) is 8.36. The Hall–Kier alpha value is -1.78. The molecule has 0 spiro atoms. The highest BCUT2D eigenvalue weighted by molar-refractivity contribution is 5.90. The first-order valence-corrected chi connectivity index (χ1v) is 8.68. The van der Waals surface area contributed by atoms with Crippen molar-refractivity contribution in [2.75, 3.05) is 5.73 Å². The van der Waals surface area contributed by atoms with Gasteiger partial charge in [0.1, 0.15) is 5.69 Å². The monoisotopic (exact) mass is 338 g/mol. The summed E-state index contributed by atoms with van der Waals surface area (Å²) in [6, 6.07) is 6.28. The molecule has 0 saturated carbocycles. The summed E-state index contributed by atoms with van der Waals surface area (Å²) in [4.78, 5) is 3.68. The third-order valence-corrected chi connectivity index (χ3v) is 4.26. The van der Waals surface area contributed by atoms with Crippen LogP contribution in [-0.2, 0) is 12.6 Å². The molecule has 0 aliphatic carbocycles. The number of hydrogen-bond donors (Lipinski definition) is 1. The van der Waals surface area contributed by atoms with Gasteiger partial charge in [0.25, 0.3) is 0 Å². The molecule has 1 heterocycles. The normalized spacial score (nSPS) is 12.0.